The molecule has 0 saturated carbocycles. The van der Waals surface area contributed by atoms with E-state index in [2.05, 4.69) is 4.72 Å². The third kappa shape index (κ3) is 11.4. The third-order valence-electron chi connectivity index (χ3n) is 5.47. The van der Waals surface area contributed by atoms with Gasteiger partial charge in [-0.3, -0.25) is 0 Å². The number of halogens is 11. The molecule has 0 aliphatic carbocycles. The summed E-state index contributed by atoms with van der Waals surface area (Å²) < 4.78 is 170. The van der Waals surface area contributed by atoms with E-state index in [-0.39, 0.29) is 13.5 Å². The van der Waals surface area contributed by atoms with E-state index in [1.165, 1.54) is 0 Å². The lowest BCUT2D eigenvalue weighted by molar-refractivity contribution is -0.346. The summed E-state index contributed by atoms with van der Waals surface area (Å²) in [6, 6.07) is 0. The Balaban J connectivity index is 5.40. The normalized spacial score (nSPS) is 17.0. The van der Waals surface area contributed by atoms with Crippen LogP contribution in [0.4, 0.5) is 48.3 Å². The van der Waals surface area contributed by atoms with Gasteiger partial charge in [0, 0.05) is 13.0 Å². The summed E-state index contributed by atoms with van der Waals surface area (Å²) in [5, 5.41) is 0. The second-order valence-electron chi connectivity index (χ2n) is 8.97. The van der Waals surface area contributed by atoms with Crippen molar-refractivity contribution in [3.8, 4) is 0 Å². The molecule has 0 aromatic heterocycles. The van der Waals surface area contributed by atoms with E-state index in [4.69, 9.17) is 0 Å². The number of nitrogens with zero attached hydrogens (tertiary/aromatic N) is 1. The van der Waals surface area contributed by atoms with Crippen LogP contribution in [0.15, 0.2) is 0 Å². The van der Waals surface area contributed by atoms with Crippen LogP contribution in [-0.2, 0) is 10.0 Å². The lowest BCUT2D eigenvalue weighted by Crippen LogP contribution is -2.54. The summed E-state index contributed by atoms with van der Waals surface area (Å²) in [6.07, 6.45) is -23.4. The predicted molar refractivity (Wildman–Crippen MR) is 108 cm³/mol. The highest BCUT2D eigenvalue weighted by Gasteiger charge is 2.72. The minimum absolute atomic E-state index is 0.0597. The molecule has 0 aromatic carbocycles. The summed E-state index contributed by atoms with van der Waals surface area (Å²) in [6.45, 7) is 0.660. The molecular weight excluding hydrogens is 529 g/mol. The summed E-state index contributed by atoms with van der Waals surface area (Å²) in [5.74, 6) is -2.73. The summed E-state index contributed by atoms with van der Waals surface area (Å²) in [4.78, 5) is 1.74. The Morgan fingerprint density at radius 3 is 1.71 bits per heavy atom. The van der Waals surface area contributed by atoms with Gasteiger partial charge in [-0.15, -0.1) is 0 Å². The monoisotopic (exact) mass is 560 g/mol. The molecule has 0 aliphatic heterocycles. The largest absolute Gasteiger partial charge is 0.431 e. The molecule has 0 amide bonds. The highest BCUT2D eigenvalue weighted by Crippen LogP contribution is 2.50. The standard InChI is InChI=1S/C19H31F11N2O2S/c1-15(20,17(22,23)24)9-5-4-7-14(13-16(21,18(25,26)27)19(28,29)30)8-12-35(33,34)31-10-6-11-32(2)3/h14,31H,4-13H2,1-3H3. The van der Waals surface area contributed by atoms with Crippen molar-refractivity contribution in [2.45, 2.75) is 81.7 Å². The molecule has 0 bridgehead atoms. The van der Waals surface area contributed by atoms with Gasteiger partial charge < -0.3 is 4.90 Å². The minimum Gasteiger partial charge on any atom is -0.309 e. The Bertz CT molecular complexity index is 719. The Labute approximate surface area is 197 Å². The van der Waals surface area contributed by atoms with Gasteiger partial charge in [0.05, 0.1) is 5.75 Å². The van der Waals surface area contributed by atoms with Crippen molar-refractivity contribution in [1.29, 1.82) is 0 Å². The number of sulfonamides is 1. The van der Waals surface area contributed by atoms with E-state index in [0.29, 0.717) is 13.0 Å². The van der Waals surface area contributed by atoms with Crippen LogP contribution in [0.5, 0.6) is 0 Å². The van der Waals surface area contributed by atoms with Crippen LogP contribution in [0, 0.1) is 5.92 Å². The minimum atomic E-state index is -6.36. The zero-order chi connectivity index (χ0) is 27.9. The Kier molecular flexibility index (Phi) is 12.2. The van der Waals surface area contributed by atoms with Crippen molar-refractivity contribution in [2.24, 2.45) is 5.92 Å². The Hall–Kier alpha value is -0.900. The van der Waals surface area contributed by atoms with Crippen molar-refractivity contribution in [3.63, 3.8) is 0 Å². The molecule has 0 rings (SSSR count). The molecule has 0 saturated heterocycles. The Morgan fingerprint density at radius 1 is 0.771 bits per heavy atom. The quantitative estimate of drug-likeness (QED) is 0.199. The average molecular weight is 561 g/mol. The molecule has 0 spiro atoms. The van der Waals surface area contributed by atoms with Crippen LogP contribution >= 0.6 is 0 Å². The molecule has 0 aliphatic rings. The number of hydrogen-bond donors (Lipinski definition) is 1. The van der Waals surface area contributed by atoms with E-state index in [0.717, 1.165) is 0 Å². The SMILES string of the molecule is CN(C)CCCNS(=O)(=O)CCC(CCCCC(C)(F)C(F)(F)F)CC(F)(C(F)(F)F)C(F)(F)F. The molecule has 2 unspecified atom stereocenters. The smallest absolute Gasteiger partial charge is 0.309 e. The summed E-state index contributed by atoms with van der Waals surface area (Å²) >= 11 is 0. The number of alkyl halides is 11. The van der Waals surface area contributed by atoms with E-state index in [1.807, 2.05) is 0 Å². The molecule has 0 fully saturated rings. The molecule has 16 heteroatoms. The number of hydrogen-bond acceptors (Lipinski definition) is 3. The molecule has 212 valence electrons. The van der Waals surface area contributed by atoms with Crippen molar-refractivity contribution < 1.29 is 56.7 Å². The lowest BCUT2D eigenvalue weighted by Gasteiger charge is -2.33. The van der Waals surface area contributed by atoms with Gasteiger partial charge in [-0.05, 0) is 59.2 Å². The maximum absolute atomic E-state index is 14.2. The number of rotatable bonds is 15. The van der Waals surface area contributed by atoms with Crippen LogP contribution in [0.3, 0.4) is 0 Å². The topological polar surface area (TPSA) is 49.4 Å². The first kappa shape index (κ1) is 34.1. The summed E-state index contributed by atoms with van der Waals surface area (Å²) in [7, 11) is -0.712. The summed E-state index contributed by atoms with van der Waals surface area (Å²) in [5.41, 5.74) is -9.28. The van der Waals surface area contributed by atoms with Gasteiger partial charge in [-0.25, -0.2) is 21.9 Å². The highest BCUT2D eigenvalue weighted by molar-refractivity contribution is 7.89. The van der Waals surface area contributed by atoms with Crippen molar-refractivity contribution in [2.75, 3.05) is 32.9 Å². The van der Waals surface area contributed by atoms with Crippen LogP contribution in [0.1, 0.15) is 51.9 Å². The van der Waals surface area contributed by atoms with Gasteiger partial charge in [0.15, 0.2) is 0 Å². The zero-order valence-electron chi connectivity index (χ0n) is 19.5. The molecule has 0 heterocycles. The predicted octanol–water partition coefficient (Wildman–Crippen LogP) is 5.94. The molecule has 35 heavy (non-hydrogen) atoms. The first-order valence-corrected chi connectivity index (χ1v) is 12.3. The van der Waals surface area contributed by atoms with Crippen molar-refractivity contribution in [1.82, 2.24) is 9.62 Å². The maximum atomic E-state index is 14.2. The van der Waals surface area contributed by atoms with Crippen molar-refractivity contribution >= 4 is 10.0 Å². The number of nitrogens with one attached hydrogen (secondary N) is 1. The number of unbranched alkanes of at least 4 members (excludes halogenated alkanes) is 1. The third-order valence-corrected chi connectivity index (χ3v) is 6.88. The average Bonchev–Trinajstić information content (AvgIpc) is 2.63. The van der Waals surface area contributed by atoms with Crippen LogP contribution < -0.4 is 4.72 Å². The molecule has 2 atom stereocenters. The van der Waals surface area contributed by atoms with Crippen LogP contribution in [0.2, 0.25) is 0 Å². The second-order valence-corrected chi connectivity index (χ2v) is 10.9. The Morgan fingerprint density at radius 2 is 1.29 bits per heavy atom. The fraction of sp³-hybridized carbons (Fsp3) is 1.00. The van der Waals surface area contributed by atoms with Gasteiger partial charge in [0.1, 0.15) is 0 Å². The maximum Gasteiger partial charge on any atom is 0.431 e. The molecule has 0 radical (unpaired) electrons. The van der Waals surface area contributed by atoms with Gasteiger partial charge in [-0.2, -0.15) is 39.5 Å². The molecule has 4 nitrogen and oxygen atoms in total. The van der Waals surface area contributed by atoms with E-state index < -0.39 is 90.1 Å². The van der Waals surface area contributed by atoms with Gasteiger partial charge >= 0.3 is 18.5 Å². The van der Waals surface area contributed by atoms with Crippen LogP contribution in [-0.4, -0.2) is 76.1 Å². The first-order chi connectivity index (χ1) is 15.5. The fourth-order valence-corrected chi connectivity index (χ4v) is 4.43. The lowest BCUT2D eigenvalue weighted by atomic mass is 9.85. The zero-order valence-corrected chi connectivity index (χ0v) is 20.3. The molecule has 0 aromatic rings. The van der Waals surface area contributed by atoms with Crippen molar-refractivity contribution in [3.05, 3.63) is 0 Å². The first-order valence-electron chi connectivity index (χ1n) is 10.7. The van der Waals surface area contributed by atoms with E-state index in [9.17, 15) is 56.7 Å². The van der Waals surface area contributed by atoms with Crippen LogP contribution in [0.25, 0.3) is 0 Å². The fourth-order valence-electron chi connectivity index (χ4n) is 3.19. The highest BCUT2D eigenvalue weighted by atomic mass is 32.2. The second kappa shape index (κ2) is 12.6. The van der Waals surface area contributed by atoms with Gasteiger partial charge in [-0.1, -0.05) is 12.8 Å². The van der Waals surface area contributed by atoms with E-state index in [1.54, 1.807) is 19.0 Å². The van der Waals surface area contributed by atoms with Gasteiger partial charge in [0.2, 0.25) is 15.7 Å². The molecule has 1 N–H and O–H groups in total. The van der Waals surface area contributed by atoms with Gasteiger partial charge in [0.25, 0.3) is 5.67 Å². The van der Waals surface area contributed by atoms with E-state index >= 15 is 0 Å². The molecular formula is C19H31F11N2O2S.